The highest BCUT2D eigenvalue weighted by Gasteiger charge is 2.23. The number of aryl methyl sites for hydroxylation is 2. The van der Waals surface area contributed by atoms with Crippen molar-refractivity contribution in [3.05, 3.63) is 22.9 Å². The second-order valence-corrected chi connectivity index (χ2v) is 5.70. The third kappa shape index (κ3) is 3.16. The molecule has 0 radical (unpaired) electrons. The molecule has 21 heavy (non-hydrogen) atoms. The monoisotopic (exact) mass is 291 g/mol. The molecule has 1 amide bonds. The third-order valence-corrected chi connectivity index (χ3v) is 3.92. The van der Waals surface area contributed by atoms with Crippen molar-refractivity contribution >= 4 is 5.91 Å². The average molecular weight is 291 g/mol. The molecule has 1 aliphatic carbocycles. The summed E-state index contributed by atoms with van der Waals surface area (Å²) in [6.45, 7) is 3.96. The van der Waals surface area contributed by atoms with Gasteiger partial charge in [0, 0.05) is 18.8 Å². The number of aromatic nitrogens is 1. The number of carbonyl (C=O) groups excluding carboxylic acids is 1. The molecule has 0 bridgehead atoms. The fourth-order valence-corrected chi connectivity index (χ4v) is 2.88. The van der Waals surface area contributed by atoms with Crippen LogP contribution in [0.2, 0.25) is 0 Å². The summed E-state index contributed by atoms with van der Waals surface area (Å²) in [7, 11) is 0. The van der Waals surface area contributed by atoms with Crippen LogP contribution in [0, 0.1) is 0 Å². The number of carbonyl (C=O) groups is 1. The average Bonchev–Trinajstić information content (AvgIpc) is 2.91. The highest BCUT2D eigenvalue weighted by Crippen LogP contribution is 2.26. The van der Waals surface area contributed by atoms with Gasteiger partial charge in [0.1, 0.15) is 18.3 Å². The Morgan fingerprint density at radius 3 is 3.14 bits per heavy atom. The Kier molecular flexibility index (Phi) is 4.07. The Hall–Kier alpha value is -1.66. The number of morpholine rings is 1. The SMILES string of the molecule is CC1CNCC(COc2nc3c(cc2C(N)=O)CCC3)O1. The molecule has 0 saturated carbocycles. The lowest BCUT2D eigenvalue weighted by Crippen LogP contribution is -2.46. The molecule has 2 heterocycles. The maximum absolute atomic E-state index is 11.6. The molecule has 0 aromatic carbocycles. The number of nitrogens with zero attached hydrogens (tertiary/aromatic N) is 1. The van der Waals surface area contributed by atoms with Gasteiger partial charge in [0.25, 0.3) is 5.91 Å². The van der Waals surface area contributed by atoms with Crippen LogP contribution < -0.4 is 15.8 Å². The predicted molar refractivity (Wildman–Crippen MR) is 77.5 cm³/mol. The lowest BCUT2D eigenvalue weighted by Gasteiger charge is -2.28. The van der Waals surface area contributed by atoms with Crippen LogP contribution in [0.3, 0.4) is 0 Å². The molecule has 6 heteroatoms. The Labute approximate surface area is 124 Å². The topological polar surface area (TPSA) is 86.5 Å². The number of ether oxygens (including phenoxy) is 2. The van der Waals surface area contributed by atoms with E-state index in [-0.39, 0.29) is 12.2 Å². The fourth-order valence-electron chi connectivity index (χ4n) is 2.88. The second kappa shape index (κ2) is 5.99. The second-order valence-electron chi connectivity index (χ2n) is 5.70. The van der Waals surface area contributed by atoms with Gasteiger partial charge < -0.3 is 20.5 Å². The number of amides is 1. The van der Waals surface area contributed by atoms with Crippen molar-refractivity contribution in [2.45, 2.75) is 38.4 Å². The van der Waals surface area contributed by atoms with Crippen LogP contribution in [0.15, 0.2) is 6.07 Å². The van der Waals surface area contributed by atoms with E-state index in [2.05, 4.69) is 10.3 Å². The zero-order valence-corrected chi connectivity index (χ0v) is 12.2. The van der Waals surface area contributed by atoms with Gasteiger partial charge in [0.05, 0.1) is 6.10 Å². The van der Waals surface area contributed by atoms with Gasteiger partial charge >= 0.3 is 0 Å². The number of nitrogens with two attached hydrogens (primary N) is 1. The minimum atomic E-state index is -0.497. The summed E-state index contributed by atoms with van der Waals surface area (Å²) in [5.41, 5.74) is 7.94. The number of rotatable bonds is 4. The molecule has 1 aliphatic heterocycles. The van der Waals surface area contributed by atoms with Gasteiger partial charge in [0.2, 0.25) is 5.88 Å². The molecule has 2 unspecified atom stereocenters. The van der Waals surface area contributed by atoms with E-state index in [9.17, 15) is 4.79 Å². The minimum Gasteiger partial charge on any atom is -0.474 e. The fraction of sp³-hybridized carbons (Fsp3) is 0.600. The van der Waals surface area contributed by atoms with Gasteiger partial charge in [-0.05, 0) is 37.8 Å². The van der Waals surface area contributed by atoms with E-state index in [1.165, 1.54) is 0 Å². The maximum Gasteiger partial charge on any atom is 0.254 e. The standard InChI is InChI=1S/C15H21N3O3/c1-9-6-17-7-11(21-9)8-20-15-12(14(16)19)5-10-3-2-4-13(10)18-15/h5,9,11,17H,2-4,6-8H2,1H3,(H2,16,19). The zero-order chi connectivity index (χ0) is 14.8. The molecular weight excluding hydrogens is 270 g/mol. The number of hydrogen-bond acceptors (Lipinski definition) is 5. The van der Waals surface area contributed by atoms with Gasteiger partial charge in [0.15, 0.2) is 0 Å². The molecule has 114 valence electrons. The molecule has 2 atom stereocenters. The summed E-state index contributed by atoms with van der Waals surface area (Å²) in [5, 5.41) is 3.28. The van der Waals surface area contributed by atoms with Crippen molar-refractivity contribution in [3.8, 4) is 5.88 Å². The normalized spacial score (nSPS) is 24.6. The van der Waals surface area contributed by atoms with E-state index in [1.807, 2.05) is 13.0 Å². The molecule has 1 aromatic heterocycles. The third-order valence-electron chi connectivity index (χ3n) is 3.92. The Bertz CT molecular complexity index is 547. The van der Waals surface area contributed by atoms with Gasteiger partial charge in [-0.15, -0.1) is 0 Å². The lowest BCUT2D eigenvalue weighted by molar-refractivity contribution is -0.0477. The van der Waals surface area contributed by atoms with Crippen LogP contribution in [0.1, 0.15) is 35.0 Å². The quantitative estimate of drug-likeness (QED) is 0.840. The van der Waals surface area contributed by atoms with E-state index in [0.29, 0.717) is 18.1 Å². The summed E-state index contributed by atoms with van der Waals surface area (Å²) in [5.74, 6) is -0.159. The molecule has 2 aliphatic rings. The summed E-state index contributed by atoms with van der Waals surface area (Å²) in [4.78, 5) is 16.1. The number of nitrogens with one attached hydrogen (secondary N) is 1. The zero-order valence-electron chi connectivity index (χ0n) is 12.2. The molecule has 6 nitrogen and oxygen atoms in total. The number of primary amides is 1. The van der Waals surface area contributed by atoms with Crippen molar-refractivity contribution in [2.75, 3.05) is 19.7 Å². The number of fused-ring (bicyclic) bond motifs is 1. The Morgan fingerprint density at radius 2 is 2.38 bits per heavy atom. The van der Waals surface area contributed by atoms with Crippen molar-refractivity contribution in [2.24, 2.45) is 5.73 Å². The molecule has 3 rings (SSSR count). The maximum atomic E-state index is 11.6. The summed E-state index contributed by atoms with van der Waals surface area (Å²) < 4.78 is 11.5. The molecule has 0 spiro atoms. The smallest absolute Gasteiger partial charge is 0.254 e. The predicted octanol–water partition coefficient (Wildman–Crippen LogP) is 0.425. The van der Waals surface area contributed by atoms with E-state index >= 15 is 0 Å². The summed E-state index contributed by atoms with van der Waals surface area (Å²) in [6, 6.07) is 1.83. The van der Waals surface area contributed by atoms with E-state index < -0.39 is 5.91 Å². The van der Waals surface area contributed by atoms with Gasteiger partial charge in [-0.25, -0.2) is 4.98 Å². The summed E-state index contributed by atoms with van der Waals surface area (Å²) >= 11 is 0. The molecule has 1 saturated heterocycles. The summed E-state index contributed by atoms with van der Waals surface area (Å²) in [6.07, 6.45) is 3.08. The van der Waals surface area contributed by atoms with Crippen molar-refractivity contribution in [1.82, 2.24) is 10.3 Å². The van der Waals surface area contributed by atoms with Crippen LogP contribution in [-0.4, -0.2) is 42.8 Å². The molecule has 3 N–H and O–H groups in total. The Morgan fingerprint density at radius 1 is 1.52 bits per heavy atom. The van der Waals surface area contributed by atoms with Crippen LogP contribution in [-0.2, 0) is 17.6 Å². The first-order chi connectivity index (χ1) is 10.1. The molecule has 1 fully saturated rings. The van der Waals surface area contributed by atoms with Gasteiger partial charge in [-0.1, -0.05) is 0 Å². The van der Waals surface area contributed by atoms with Crippen LogP contribution in [0.5, 0.6) is 5.88 Å². The van der Waals surface area contributed by atoms with Crippen LogP contribution in [0.25, 0.3) is 0 Å². The highest BCUT2D eigenvalue weighted by molar-refractivity contribution is 5.95. The number of pyridine rings is 1. The van der Waals surface area contributed by atoms with Gasteiger partial charge in [-0.3, -0.25) is 4.79 Å². The van der Waals surface area contributed by atoms with Crippen LogP contribution >= 0.6 is 0 Å². The first kappa shape index (κ1) is 14.3. The first-order valence-electron chi connectivity index (χ1n) is 7.45. The van der Waals surface area contributed by atoms with Crippen molar-refractivity contribution in [3.63, 3.8) is 0 Å². The number of hydrogen-bond donors (Lipinski definition) is 2. The van der Waals surface area contributed by atoms with Crippen molar-refractivity contribution in [1.29, 1.82) is 0 Å². The van der Waals surface area contributed by atoms with E-state index in [1.54, 1.807) is 0 Å². The Balaban J connectivity index is 1.73. The van der Waals surface area contributed by atoms with E-state index in [0.717, 1.165) is 43.6 Å². The largest absolute Gasteiger partial charge is 0.474 e. The molecule has 1 aromatic rings. The lowest BCUT2D eigenvalue weighted by atomic mass is 10.1. The van der Waals surface area contributed by atoms with Crippen LogP contribution in [0.4, 0.5) is 0 Å². The van der Waals surface area contributed by atoms with E-state index in [4.69, 9.17) is 15.2 Å². The minimum absolute atomic E-state index is 0.0375. The first-order valence-corrected chi connectivity index (χ1v) is 7.45. The van der Waals surface area contributed by atoms with Crippen molar-refractivity contribution < 1.29 is 14.3 Å². The van der Waals surface area contributed by atoms with Gasteiger partial charge in [-0.2, -0.15) is 0 Å². The highest BCUT2D eigenvalue weighted by atomic mass is 16.5. The molecular formula is C15H21N3O3.